The summed E-state index contributed by atoms with van der Waals surface area (Å²) in [4.78, 5) is 164. The predicted octanol–water partition coefficient (Wildman–Crippen LogP) is 1.52. The van der Waals surface area contributed by atoms with Crippen molar-refractivity contribution in [3.05, 3.63) is 137 Å². The van der Waals surface area contributed by atoms with Gasteiger partial charge in [-0.05, 0) is 104 Å². The molecular weight excluding hydrogens is 1230 g/mol. The van der Waals surface area contributed by atoms with Crippen molar-refractivity contribution in [2.45, 2.75) is 159 Å². The van der Waals surface area contributed by atoms with Gasteiger partial charge < -0.3 is 80.2 Å². The van der Waals surface area contributed by atoms with Gasteiger partial charge in [0, 0.05) is 37.2 Å². The van der Waals surface area contributed by atoms with E-state index in [9.17, 15) is 63.0 Å². The summed E-state index contributed by atoms with van der Waals surface area (Å²) in [6.07, 6.45) is 3.68. The molecule has 2 heterocycles. The lowest BCUT2D eigenvalue weighted by Gasteiger charge is -2.30. The van der Waals surface area contributed by atoms with E-state index in [2.05, 4.69) is 52.8 Å². The third-order valence-corrected chi connectivity index (χ3v) is 16.6. The lowest BCUT2D eigenvalue weighted by atomic mass is 9.96. The second kappa shape index (κ2) is 37.8. The van der Waals surface area contributed by atoms with Crippen molar-refractivity contribution >= 4 is 88.8 Å². The molecule has 4 aromatic rings. The van der Waals surface area contributed by atoms with E-state index < -0.39 is 138 Å². The molecule has 0 aromatic heterocycles. The third kappa shape index (κ3) is 22.9. The van der Waals surface area contributed by atoms with Crippen LogP contribution in [-0.4, -0.2) is 167 Å². The molecular formula is C69H92N14O13. The summed E-state index contributed by atoms with van der Waals surface area (Å²) in [5.74, 6) is -11.0. The molecule has 1 saturated heterocycles. The molecule has 0 spiro atoms. The van der Waals surface area contributed by atoms with Gasteiger partial charge in [-0.2, -0.15) is 0 Å². The number of rotatable bonds is 19. The molecule has 2 aliphatic heterocycles. The molecule has 4 aromatic carbocycles. The van der Waals surface area contributed by atoms with Crippen LogP contribution in [0.4, 0.5) is 5.69 Å². The van der Waals surface area contributed by atoms with Gasteiger partial charge in [-0.15, -0.1) is 0 Å². The Morgan fingerprint density at radius 2 is 1.05 bits per heavy atom. The van der Waals surface area contributed by atoms with Gasteiger partial charge in [0.2, 0.25) is 53.2 Å². The van der Waals surface area contributed by atoms with Gasteiger partial charge in [-0.3, -0.25) is 57.7 Å². The maximum atomic E-state index is 14.9. The summed E-state index contributed by atoms with van der Waals surface area (Å²) in [7, 11) is 0. The molecule has 0 saturated carbocycles. The van der Waals surface area contributed by atoms with Crippen molar-refractivity contribution < 1.29 is 63.0 Å². The van der Waals surface area contributed by atoms with Crippen molar-refractivity contribution in [1.29, 1.82) is 0 Å². The minimum Gasteiger partial charge on any atom is -0.481 e. The minimum atomic E-state index is -1.83. The first-order valence-electron chi connectivity index (χ1n) is 32.6. The Kier molecular flexibility index (Phi) is 29.5. The number of hydrogen-bond donors (Lipinski definition) is 14. The number of benzene rings is 4. The summed E-state index contributed by atoms with van der Waals surface area (Å²) in [6.45, 7) is 6.51. The van der Waals surface area contributed by atoms with Crippen molar-refractivity contribution in [1.82, 2.24) is 47.4 Å². The van der Waals surface area contributed by atoms with Crippen LogP contribution in [0.15, 0.2) is 114 Å². The van der Waals surface area contributed by atoms with Gasteiger partial charge in [0.1, 0.15) is 54.4 Å². The van der Waals surface area contributed by atoms with Crippen LogP contribution >= 0.6 is 0 Å². The second-order valence-corrected chi connectivity index (χ2v) is 24.5. The van der Waals surface area contributed by atoms with Gasteiger partial charge in [-0.25, -0.2) is 0 Å². The zero-order valence-electron chi connectivity index (χ0n) is 54.7. The number of aliphatic hydroxyl groups excluding tert-OH is 1. The largest absolute Gasteiger partial charge is 0.481 e. The molecule has 0 unspecified atom stereocenters. The molecule has 10 atom stereocenters. The van der Waals surface area contributed by atoms with Crippen LogP contribution in [0.5, 0.6) is 0 Å². The number of nitrogens with zero attached hydrogens (tertiary/aromatic N) is 2. The van der Waals surface area contributed by atoms with Gasteiger partial charge in [0.25, 0.3) is 5.91 Å². The number of amides is 10. The van der Waals surface area contributed by atoms with Crippen molar-refractivity contribution in [2.24, 2.45) is 34.0 Å². The van der Waals surface area contributed by atoms with E-state index in [4.69, 9.17) is 17.2 Å². The number of carboxylic acids is 1. The molecule has 27 heteroatoms. The molecule has 17 N–H and O–H groups in total. The van der Waals surface area contributed by atoms with Gasteiger partial charge >= 0.3 is 5.97 Å². The zero-order valence-corrected chi connectivity index (χ0v) is 54.7. The average molecular weight is 1330 g/mol. The number of carbonyl (C=O) groups excluding carboxylic acids is 10. The van der Waals surface area contributed by atoms with Crippen LogP contribution in [0.3, 0.4) is 0 Å². The standard InChI is InChI=1S/C69H92N14O13/c1-5-42(4)58-67(95)76-50(29-18-34-73-69(71)72)59(87)75-49(28-16-17-33-70)60(88)81-55(40-84)65(93)74-48-27-15-13-25-46(48)32-31-45-24-12-14-26-47(45)68(96)83-35-19-30-56(83)66(94)80-52(37-43-20-8-6-9-21-43)62(90)79-54(39-57(85)86)63(91)77-51(36-41(2)3)61(89)78-53(64(92)82-58)38-44-22-10-7-11-23-44/h6-15,20-27,31-32,41-42,49-56,58,84H,5,16-19,28-30,33-40,70H2,1-4H3,(H,74,93)(H,75,87)(H,76,95)(H,77,91)(H,78,89)(H,79,90)(H,80,94)(H,81,88)(H,82,92)(H,85,86)(H4,71,72,73)/b32-31-/t42-,49-,50-,51-,52-,53-,54-,55-,56-,58-/m0/s1. The minimum absolute atomic E-state index is 0.00288. The highest BCUT2D eigenvalue weighted by molar-refractivity contribution is 6.04. The number of aliphatic carboxylic acids is 1. The predicted molar refractivity (Wildman–Crippen MR) is 361 cm³/mol. The first-order chi connectivity index (χ1) is 46.0. The van der Waals surface area contributed by atoms with Crippen LogP contribution in [0.2, 0.25) is 0 Å². The van der Waals surface area contributed by atoms with E-state index in [1.54, 1.807) is 149 Å². The summed E-state index contributed by atoms with van der Waals surface area (Å²) < 4.78 is 0. The lowest BCUT2D eigenvalue weighted by Crippen LogP contribution is -2.61. The Labute approximate surface area is 558 Å². The van der Waals surface area contributed by atoms with E-state index in [0.717, 1.165) is 0 Å². The van der Waals surface area contributed by atoms with Crippen LogP contribution in [-0.2, 0) is 60.8 Å². The normalized spacial score (nSPS) is 23.2. The van der Waals surface area contributed by atoms with E-state index >= 15 is 0 Å². The summed E-state index contributed by atoms with van der Waals surface area (Å²) in [5.41, 5.74) is 19.5. The number of fused-ring (bicyclic) bond motifs is 3. The van der Waals surface area contributed by atoms with E-state index in [0.29, 0.717) is 47.9 Å². The second-order valence-electron chi connectivity index (χ2n) is 24.5. The number of aliphatic hydroxyl groups is 1. The quantitative estimate of drug-likeness (QED) is 0.0359. The fraction of sp³-hybridized carbons (Fsp3) is 0.449. The molecule has 0 radical (unpaired) electrons. The number of hydrogen-bond acceptors (Lipinski definition) is 14. The maximum Gasteiger partial charge on any atom is 0.305 e. The highest BCUT2D eigenvalue weighted by Gasteiger charge is 2.40. The fourth-order valence-corrected chi connectivity index (χ4v) is 11.2. The first kappa shape index (κ1) is 75.0. The van der Waals surface area contributed by atoms with E-state index in [1.807, 2.05) is 0 Å². The number of nitrogens with two attached hydrogens (primary N) is 3. The topological polar surface area (TPSA) is 430 Å². The monoisotopic (exact) mass is 1320 g/mol. The van der Waals surface area contributed by atoms with Crippen LogP contribution < -0.4 is 65.1 Å². The molecule has 1 fully saturated rings. The van der Waals surface area contributed by atoms with Crippen LogP contribution in [0.25, 0.3) is 12.2 Å². The number of nitrogens with one attached hydrogen (secondary N) is 9. The summed E-state index contributed by atoms with van der Waals surface area (Å²) in [6, 6.07) is 17.5. The average Bonchev–Trinajstić information content (AvgIpc) is 1.42. The highest BCUT2D eigenvalue weighted by Crippen LogP contribution is 2.26. The van der Waals surface area contributed by atoms with Gasteiger partial charge in [-0.1, -0.05) is 143 Å². The first-order valence-corrected chi connectivity index (χ1v) is 32.6. The van der Waals surface area contributed by atoms with Crippen LogP contribution in [0, 0.1) is 11.8 Å². The molecule has 96 heavy (non-hydrogen) atoms. The fourth-order valence-electron chi connectivity index (χ4n) is 11.2. The Balaban J connectivity index is 1.44. The summed E-state index contributed by atoms with van der Waals surface area (Å²) >= 11 is 0. The van der Waals surface area contributed by atoms with Crippen molar-refractivity contribution in [3.63, 3.8) is 0 Å². The zero-order chi connectivity index (χ0) is 69.8. The maximum absolute atomic E-state index is 14.9. The van der Waals surface area contributed by atoms with E-state index in [1.165, 1.54) is 4.90 Å². The van der Waals surface area contributed by atoms with Crippen molar-refractivity contribution in [2.75, 3.05) is 31.6 Å². The van der Waals surface area contributed by atoms with Gasteiger partial charge in [0.15, 0.2) is 5.96 Å². The molecule has 6 rings (SSSR count). The molecule has 516 valence electrons. The smallest absolute Gasteiger partial charge is 0.305 e. The van der Waals surface area contributed by atoms with E-state index in [-0.39, 0.29) is 87.7 Å². The Morgan fingerprint density at radius 1 is 0.562 bits per heavy atom. The highest BCUT2D eigenvalue weighted by atomic mass is 16.4. The number of guanidine groups is 1. The number of unbranched alkanes of at least 4 members (excludes halogenated alkanes) is 1. The molecule has 0 aliphatic carbocycles. The molecule has 10 amide bonds. The lowest BCUT2D eigenvalue weighted by molar-refractivity contribution is -0.141. The molecule has 2 aliphatic rings. The Hall–Kier alpha value is -10.0. The molecule has 0 bridgehead atoms. The van der Waals surface area contributed by atoms with Crippen LogP contribution in [0.1, 0.15) is 125 Å². The SMILES string of the molecule is CC[C@H](C)[C@@H]1NC(=O)[C@H](Cc2ccccc2)NC(=O)[C@H](CC(C)C)NC(=O)[C@H](CC(=O)O)NC(=O)[C@H](Cc2ccccc2)NC(=O)[C@@H]2CCCN2C(=O)c2ccccc2/C=C\c2ccccc2NC(=O)[C@H](CO)NC(=O)[C@H](CCCCN)NC(=O)[C@H](CCCN=C(N)N)NC1=O. The molecule has 27 nitrogen and oxygen atoms in total. The number of aliphatic imine (C=N–C) groups is 1. The Bertz CT molecular complexity index is 3400. The number of anilines is 1. The van der Waals surface area contributed by atoms with Crippen molar-refractivity contribution in [3.8, 4) is 0 Å². The number of para-hydroxylation sites is 1. The summed E-state index contributed by atoms with van der Waals surface area (Å²) in [5, 5.41) is 45.1. The van der Waals surface area contributed by atoms with Gasteiger partial charge in [0.05, 0.1) is 13.0 Å². The third-order valence-electron chi connectivity index (χ3n) is 16.6. The number of carboxylic acid groups (broad SMARTS) is 1. The Morgan fingerprint density at radius 3 is 1.65 bits per heavy atom. The number of carbonyl (C=O) groups is 11.